The van der Waals surface area contributed by atoms with Crippen LogP contribution >= 0.6 is 0 Å². The first-order valence-electron chi connectivity index (χ1n) is 8.90. The first-order valence-corrected chi connectivity index (χ1v) is 8.90. The van der Waals surface area contributed by atoms with Crippen molar-refractivity contribution in [3.8, 4) is 11.3 Å². The van der Waals surface area contributed by atoms with Gasteiger partial charge in [-0.25, -0.2) is 4.68 Å². The summed E-state index contributed by atoms with van der Waals surface area (Å²) < 4.78 is 2.07. The molecule has 24 heavy (non-hydrogen) atoms. The lowest BCUT2D eigenvalue weighted by molar-refractivity contribution is 0.594. The maximum Gasteiger partial charge on any atom is 0.0917 e. The normalized spacial score (nSPS) is 10.9. The smallest absolute Gasteiger partial charge is 0.0917 e. The molecule has 0 fully saturated rings. The summed E-state index contributed by atoms with van der Waals surface area (Å²) in [4.78, 5) is 0. The predicted octanol–water partition coefficient (Wildman–Crippen LogP) is 4.92. The zero-order valence-corrected chi connectivity index (χ0v) is 14.4. The van der Waals surface area contributed by atoms with Crippen molar-refractivity contribution in [2.75, 3.05) is 0 Å². The van der Waals surface area contributed by atoms with Crippen LogP contribution in [0.3, 0.4) is 0 Å². The Hall–Kier alpha value is -2.42. The molecule has 0 spiro atoms. The highest BCUT2D eigenvalue weighted by molar-refractivity contribution is 5.61. The van der Waals surface area contributed by atoms with Gasteiger partial charge in [0.25, 0.3) is 0 Å². The summed E-state index contributed by atoms with van der Waals surface area (Å²) in [7, 11) is 0. The van der Waals surface area contributed by atoms with Crippen LogP contribution in [0.5, 0.6) is 0 Å². The van der Waals surface area contributed by atoms with Crippen molar-refractivity contribution in [3.05, 3.63) is 71.9 Å². The molecular weight excluding hydrogens is 294 g/mol. The maximum atomic E-state index is 4.49. The predicted molar refractivity (Wildman–Crippen MR) is 98.8 cm³/mol. The Labute approximate surface area is 144 Å². The van der Waals surface area contributed by atoms with Gasteiger partial charge in [0, 0.05) is 12.1 Å². The van der Waals surface area contributed by atoms with Crippen molar-refractivity contribution in [2.45, 2.75) is 45.6 Å². The molecule has 3 heteroatoms. The van der Waals surface area contributed by atoms with Gasteiger partial charge in [-0.1, -0.05) is 85.6 Å². The quantitative estimate of drug-likeness (QED) is 0.552. The second-order valence-corrected chi connectivity index (χ2v) is 6.17. The van der Waals surface area contributed by atoms with Gasteiger partial charge in [-0.3, -0.25) is 0 Å². The lowest BCUT2D eigenvalue weighted by Gasteiger charge is -2.09. The van der Waals surface area contributed by atoms with Gasteiger partial charge in [-0.2, -0.15) is 0 Å². The zero-order chi connectivity index (χ0) is 16.6. The number of hydrogen-bond donors (Lipinski definition) is 0. The van der Waals surface area contributed by atoms with E-state index in [4.69, 9.17) is 0 Å². The van der Waals surface area contributed by atoms with E-state index in [1.165, 1.54) is 36.1 Å². The molecule has 2 aromatic carbocycles. The Morgan fingerprint density at radius 2 is 1.54 bits per heavy atom. The number of benzene rings is 2. The van der Waals surface area contributed by atoms with Gasteiger partial charge in [0.05, 0.1) is 11.4 Å². The van der Waals surface area contributed by atoms with Crippen molar-refractivity contribution in [1.82, 2.24) is 15.0 Å². The van der Waals surface area contributed by atoms with Crippen LogP contribution in [0.4, 0.5) is 0 Å². The molecule has 3 nitrogen and oxygen atoms in total. The van der Waals surface area contributed by atoms with Gasteiger partial charge < -0.3 is 0 Å². The van der Waals surface area contributed by atoms with Gasteiger partial charge in [-0.15, -0.1) is 5.10 Å². The number of aromatic nitrogens is 3. The van der Waals surface area contributed by atoms with Crippen molar-refractivity contribution < 1.29 is 0 Å². The van der Waals surface area contributed by atoms with E-state index in [9.17, 15) is 0 Å². The Kier molecular flexibility index (Phi) is 5.78. The average molecular weight is 319 g/mol. The Morgan fingerprint density at radius 1 is 0.833 bits per heavy atom. The molecule has 0 radical (unpaired) electrons. The molecule has 0 bridgehead atoms. The van der Waals surface area contributed by atoms with Gasteiger partial charge in [0.1, 0.15) is 0 Å². The standard InChI is InChI=1S/C21H25N3/c1-2-3-6-15-20-21(19-13-9-5-10-14-19)24(23-22-20)17-16-18-11-7-4-8-12-18/h4-5,7-14H,2-3,6,15-17H2,1H3. The van der Waals surface area contributed by atoms with E-state index in [1.807, 2.05) is 0 Å². The van der Waals surface area contributed by atoms with Crippen LogP contribution in [-0.2, 0) is 19.4 Å². The summed E-state index contributed by atoms with van der Waals surface area (Å²) >= 11 is 0. The summed E-state index contributed by atoms with van der Waals surface area (Å²) in [6, 6.07) is 21.1. The van der Waals surface area contributed by atoms with E-state index in [-0.39, 0.29) is 0 Å². The van der Waals surface area contributed by atoms with Crippen molar-refractivity contribution in [1.29, 1.82) is 0 Å². The third-order valence-corrected chi connectivity index (χ3v) is 4.32. The molecular formula is C21H25N3. The monoisotopic (exact) mass is 319 g/mol. The second-order valence-electron chi connectivity index (χ2n) is 6.17. The molecule has 0 unspecified atom stereocenters. The van der Waals surface area contributed by atoms with Crippen LogP contribution in [0.2, 0.25) is 0 Å². The molecule has 0 atom stereocenters. The third kappa shape index (κ3) is 4.10. The summed E-state index contributed by atoms with van der Waals surface area (Å²) in [5.74, 6) is 0. The molecule has 124 valence electrons. The highest BCUT2D eigenvalue weighted by Gasteiger charge is 2.14. The molecule has 0 aliphatic carbocycles. The largest absolute Gasteiger partial charge is 0.244 e. The molecule has 0 N–H and O–H groups in total. The Balaban J connectivity index is 1.82. The van der Waals surface area contributed by atoms with E-state index in [0.717, 1.165) is 25.1 Å². The van der Waals surface area contributed by atoms with E-state index in [0.29, 0.717) is 0 Å². The van der Waals surface area contributed by atoms with Crippen LogP contribution in [0.15, 0.2) is 60.7 Å². The van der Waals surface area contributed by atoms with Gasteiger partial charge >= 0.3 is 0 Å². The van der Waals surface area contributed by atoms with Crippen molar-refractivity contribution in [3.63, 3.8) is 0 Å². The van der Waals surface area contributed by atoms with E-state index < -0.39 is 0 Å². The molecule has 0 amide bonds. The average Bonchev–Trinajstić information content (AvgIpc) is 3.05. The van der Waals surface area contributed by atoms with Gasteiger partial charge in [-0.05, 0) is 24.8 Å². The fraction of sp³-hybridized carbons (Fsp3) is 0.333. The Morgan fingerprint density at radius 3 is 2.25 bits per heavy atom. The molecule has 3 rings (SSSR count). The highest BCUT2D eigenvalue weighted by atomic mass is 15.4. The minimum Gasteiger partial charge on any atom is -0.244 e. The number of rotatable bonds is 8. The van der Waals surface area contributed by atoms with Gasteiger partial charge in [0.2, 0.25) is 0 Å². The minimum absolute atomic E-state index is 0.856. The minimum atomic E-state index is 0.856. The lowest BCUT2D eigenvalue weighted by Crippen LogP contribution is -2.06. The maximum absolute atomic E-state index is 4.49. The second kappa shape index (κ2) is 8.44. The highest BCUT2D eigenvalue weighted by Crippen LogP contribution is 2.24. The van der Waals surface area contributed by atoms with Crippen LogP contribution in [-0.4, -0.2) is 15.0 Å². The van der Waals surface area contributed by atoms with Crippen molar-refractivity contribution >= 4 is 0 Å². The SMILES string of the molecule is CCCCCc1nnn(CCc2ccccc2)c1-c1ccccc1. The molecule has 1 heterocycles. The number of unbranched alkanes of at least 4 members (excludes halogenated alkanes) is 2. The lowest BCUT2D eigenvalue weighted by atomic mass is 10.1. The third-order valence-electron chi connectivity index (χ3n) is 4.32. The van der Waals surface area contributed by atoms with Crippen molar-refractivity contribution in [2.24, 2.45) is 0 Å². The molecule has 0 aliphatic heterocycles. The van der Waals surface area contributed by atoms with Crippen LogP contribution in [0.25, 0.3) is 11.3 Å². The van der Waals surface area contributed by atoms with Gasteiger partial charge in [0.15, 0.2) is 0 Å². The number of nitrogens with zero attached hydrogens (tertiary/aromatic N) is 3. The van der Waals surface area contributed by atoms with E-state index in [2.05, 4.69) is 82.6 Å². The van der Waals surface area contributed by atoms with E-state index >= 15 is 0 Å². The van der Waals surface area contributed by atoms with E-state index in [1.54, 1.807) is 0 Å². The number of aryl methyl sites for hydroxylation is 3. The van der Waals surface area contributed by atoms with Crippen LogP contribution in [0.1, 0.15) is 37.4 Å². The van der Waals surface area contributed by atoms with Crippen LogP contribution < -0.4 is 0 Å². The topological polar surface area (TPSA) is 30.7 Å². The Bertz CT molecular complexity index is 732. The summed E-state index contributed by atoms with van der Waals surface area (Å²) in [5, 5.41) is 8.94. The molecule has 1 aromatic heterocycles. The van der Waals surface area contributed by atoms with Crippen LogP contribution in [0, 0.1) is 0 Å². The summed E-state index contributed by atoms with van der Waals surface area (Å²) in [5.41, 5.74) is 4.85. The summed E-state index contributed by atoms with van der Waals surface area (Å²) in [6.07, 6.45) is 5.61. The fourth-order valence-corrected chi connectivity index (χ4v) is 3.01. The molecule has 0 saturated carbocycles. The first-order chi connectivity index (χ1) is 11.9. The molecule has 0 saturated heterocycles. The fourth-order valence-electron chi connectivity index (χ4n) is 3.01. The zero-order valence-electron chi connectivity index (χ0n) is 14.4. The first kappa shape index (κ1) is 16.4. The molecule has 3 aromatic rings. The summed E-state index contributed by atoms with van der Waals surface area (Å²) in [6.45, 7) is 3.09. The molecule has 0 aliphatic rings. The number of hydrogen-bond acceptors (Lipinski definition) is 2.